The van der Waals surface area contributed by atoms with Crippen LogP contribution in [0, 0.1) is 4.91 Å². The minimum absolute atomic E-state index is 0.0649. The molecule has 2 aromatic heterocycles. The Balaban J connectivity index is 1.71. The molecule has 2 aromatic carbocycles. The molecule has 0 fully saturated rings. The maximum Gasteiger partial charge on any atom is 0.434 e. The van der Waals surface area contributed by atoms with Gasteiger partial charge in [-0.25, -0.2) is 9.52 Å². The Morgan fingerprint density at radius 2 is 1.76 bits per heavy atom. The van der Waals surface area contributed by atoms with Gasteiger partial charge in [0, 0.05) is 23.9 Å². The van der Waals surface area contributed by atoms with Crippen LogP contribution in [0.5, 0.6) is 0 Å². The molecular weight excluding hydrogens is 469 g/mol. The van der Waals surface area contributed by atoms with Crippen molar-refractivity contribution in [2.45, 2.75) is 30.6 Å². The molecular formula is C22H20F3N6O2S+. The number of hydrogen-bond acceptors (Lipinski definition) is 6. The average molecular weight is 490 g/mol. The third-order valence-electron chi connectivity index (χ3n) is 5.02. The Hall–Kier alpha value is -3.67. The van der Waals surface area contributed by atoms with Gasteiger partial charge in [-0.2, -0.15) is 18.3 Å². The standard InChI is InChI=1S/C22H20F3N6O2S/c1-3-29-20(17-13-26-30(19(17)22(23,24)25)16-10-5-4-6-11-16)27-28-21(29)34-14-15-9-7-8-12-18(15)31(32)33-2/h4-13H,3,14H2,1-2H3/q+1. The van der Waals surface area contributed by atoms with E-state index in [1.807, 2.05) is 0 Å². The number of aromatic nitrogens is 5. The highest BCUT2D eigenvalue weighted by Gasteiger charge is 2.40. The van der Waals surface area contributed by atoms with Crippen LogP contribution in [0.15, 0.2) is 66.0 Å². The highest BCUT2D eigenvalue weighted by atomic mass is 32.2. The highest BCUT2D eigenvalue weighted by molar-refractivity contribution is 7.98. The van der Waals surface area contributed by atoms with Crippen LogP contribution >= 0.6 is 11.8 Å². The first-order chi connectivity index (χ1) is 16.3. The van der Waals surface area contributed by atoms with Crippen molar-refractivity contribution in [3.63, 3.8) is 0 Å². The third-order valence-corrected chi connectivity index (χ3v) is 6.04. The summed E-state index contributed by atoms with van der Waals surface area (Å²) in [6, 6.07) is 15.0. The maximum atomic E-state index is 14.1. The number of thioether (sulfide) groups is 1. The van der Waals surface area contributed by atoms with Crippen molar-refractivity contribution in [3.05, 3.63) is 77.0 Å². The SMILES string of the molecule is CCn1c(SCc2ccccc2[N+](=O)OC)nnc1-c1cnn(-c2ccccc2)c1C(F)(F)F. The van der Waals surface area contributed by atoms with Gasteiger partial charge < -0.3 is 4.57 Å². The minimum Gasteiger partial charge on any atom is -0.302 e. The summed E-state index contributed by atoms with van der Waals surface area (Å²) >= 11 is 1.26. The fourth-order valence-corrected chi connectivity index (χ4v) is 4.48. The minimum atomic E-state index is -4.67. The molecule has 0 bridgehead atoms. The molecule has 34 heavy (non-hydrogen) atoms. The van der Waals surface area contributed by atoms with E-state index in [0.29, 0.717) is 33.6 Å². The molecule has 0 aliphatic rings. The third kappa shape index (κ3) is 4.53. The molecule has 12 heteroatoms. The van der Waals surface area contributed by atoms with Gasteiger partial charge in [0.05, 0.1) is 22.4 Å². The molecule has 0 aliphatic carbocycles. The Labute approximate surface area is 196 Å². The molecule has 0 radical (unpaired) electrons. The van der Waals surface area contributed by atoms with Crippen molar-refractivity contribution in [2.75, 3.05) is 7.11 Å². The van der Waals surface area contributed by atoms with E-state index in [9.17, 15) is 18.1 Å². The number of nitrogens with zero attached hydrogens (tertiary/aromatic N) is 6. The first-order valence-corrected chi connectivity index (χ1v) is 11.2. The van der Waals surface area contributed by atoms with E-state index in [0.717, 1.165) is 10.9 Å². The van der Waals surface area contributed by atoms with Crippen LogP contribution in [0.4, 0.5) is 18.9 Å². The molecule has 0 N–H and O–H groups in total. The number of alkyl halides is 3. The number of para-hydroxylation sites is 2. The second-order valence-corrected chi connectivity index (χ2v) is 8.00. The average Bonchev–Trinajstić information content (AvgIpc) is 3.47. The van der Waals surface area contributed by atoms with E-state index in [1.54, 1.807) is 66.1 Å². The zero-order chi connectivity index (χ0) is 24.3. The van der Waals surface area contributed by atoms with E-state index in [4.69, 9.17) is 4.84 Å². The quantitative estimate of drug-likeness (QED) is 0.243. The van der Waals surface area contributed by atoms with Crippen LogP contribution in [0.25, 0.3) is 17.1 Å². The summed E-state index contributed by atoms with van der Waals surface area (Å²) < 4.78 is 44.8. The van der Waals surface area contributed by atoms with E-state index >= 15 is 0 Å². The lowest BCUT2D eigenvalue weighted by atomic mass is 10.2. The van der Waals surface area contributed by atoms with E-state index < -0.39 is 11.9 Å². The first kappa shape index (κ1) is 23.5. The maximum absolute atomic E-state index is 14.1. The van der Waals surface area contributed by atoms with Crippen LogP contribution in [-0.2, 0) is 23.3 Å². The van der Waals surface area contributed by atoms with Gasteiger partial charge in [0.1, 0.15) is 0 Å². The lowest BCUT2D eigenvalue weighted by Crippen LogP contribution is -2.15. The molecule has 8 nitrogen and oxygen atoms in total. The van der Waals surface area contributed by atoms with Gasteiger partial charge in [-0.1, -0.05) is 48.2 Å². The molecule has 2 heterocycles. The van der Waals surface area contributed by atoms with Crippen LogP contribution < -0.4 is 0 Å². The molecule has 0 saturated carbocycles. The fourth-order valence-electron chi connectivity index (χ4n) is 3.48. The lowest BCUT2D eigenvalue weighted by Gasteiger charge is -2.13. The summed E-state index contributed by atoms with van der Waals surface area (Å²) in [5.74, 6) is 0.404. The molecule has 4 aromatic rings. The zero-order valence-electron chi connectivity index (χ0n) is 18.2. The summed E-state index contributed by atoms with van der Waals surface area (Å²) in [5, 5.41) is 12.6. The highest BCUT2D eigenvalue weighted by Crippen LogP contribution is 2.39. The van der Waals surface area contributed by atoms with Gasteiger partial charge in [0.25, 0.3) is 4.92 Å². The van der Waals surface area contributed by atoms with Gasteiger partial charge in [-0.05, 0) is 19.1 Å². The molecule has 0 saturated heterocycles. The Morgan fingerprint density at radius 1 is 1.06 bits per heavy atom. The van der Waals surface area contributed by atoms with Crippen LogP contribution in [0.1, 0.15) is 18.2 Å². The van der Waals surface area contributed by atoms with E-state index in [-0.39, 0.29) is 17.1 Å². The van der Waals surface area contributed by atoms with Gasteiger partial charge >= 0.3 is 11.9 Å². The van der Waals surface area contributed by atoms with Crippen molar-refractivity contribution >= 4 is 17.4 Å². The number of rotatable bonds is 8. The largest absolute Gasteiger partial charge is 0.434 e. The monoisotopic (exact) mass is 489 g/mol. The summed E-state index contributed by atoms with van der Waals surface area (Å²) in [5.41, 5.74) is 0.219. The van der Waals surface area contributed by atoms with Crippen molar-refractivity contribution in [1.29, 1.82) is 0 Å². The van der Waals surface area contributed by atoms with Gasteiger partial charge in [-0.3, -0.25) is 0 Å². The Kier molecular flexibility index (Phi) is 6.68. The van der Waals surface area contributed by atoms with Crippen molar-refractivity contribution in [1.82, 2.24) is 24.5 Å². The second-order valence-electron chi connectivity index (χ2n) is 7.06. The smallest absolute Gasteiger partial charge is 0.302 e. The summed E-state index contributed by atoms with van der Waals surface area (Å²) in [6.45, 7) is 2.13. The summed E-state index contributed by atoms with van der Waals surface area (Å²) in [6.07, 6.45) is -3.51. The molecule has 0 unspecified atom stereocenters. The topological polar surface area (TPSA) is 77.8 Å². The van der Waals surface area contributed by atoms with Crippen LogP contribution in [-0.4, -0.2) is 36.6 Å². The molecule has 4 rings (SSSR count). The fraction of sp³-hybridized carbons (Fsp3) is 0.227. The molecule has 0 atom stereocenters. The van der Waals surface area contributed by atoms with Gasteiger partial charge in [0.15, 0.2) is 23.8 Å². The molecule has 0 aliphatic heterocycles. The lowest BCUT2D eigenvalue weighted by molar-refractivity contribution is -0.737. The van der Waals surface area contributed by atoms with Crippen LogP contribution in [0.3, 0.4) is 0 Å². The van der Waals surface area contributed by atoms with Gasteiger partial charge in [0.2, 0.25) is 0 Å². The molecule has 0 amide bonds. The Morgan fingerprint density at radius 3 is 2.44 bits per heavy atom. The van der Waals surface area contributed by atoms with Crippen LogP contribution in [0.2, 0.25) is 0 Å². The van der Waals surface area contributed by atoms with E-state index in [2.05, 4.69) is 15.3 Å². The number of benzene rings is 2. The second kappa shape index (κ2) is 9.67. The van der Waals surface area contributed by atoms with Crippen molar-refractivity contribution in [3.8, 4) is 17.1 Å². The van der Waals surface area contributed by atoms with E-state index in [1.165, 1.54) is 18.9 Å². The number of halogens is 3. The van der Waals surface area contributed by atoms with Crippen molar-refractivity contribution < 1.29 is 22.9 Å². The normalized spacial score (nSPS) is 11.6. The Bertz CT molecular complexity index is 1300. The summed E-state index contributed by atoms with van der Waals surface area (Å²) in [4.78, 5) is 17.1. The predicted molar refractivity (Wildman–Crippen MR) is 120 cm³/mol. The van der Waals surface area contributed by atoms with Gasteiger partial charge in [-0.15, -0.1) is 10.2 Å². The molecule has 0 spiro atoms. The number of hydrogen-bond donors (Lipinski definition) is 0. The van der Waals surface area contributed by atoms with Crippen molar-refractivity contribution in [2.24, 2.45) is 0 Å². The first-order valence-electron chi connectivity index (χ1n) is 10.2. The summed E-state index contributed by atoms with van der Waals surface area (Å²) in [7, 11) is 1.27. The zero-order valence-corrected chi connectivity index (χ0v) is 19.0. The predicted octanol–water partition coefficient (Wildman–Crippen LogP) is 5.43. The molecule has 176 valence electrons.